The SMILES string of the molecule is COc1ccccc1CNC(=O)C(=O)NCc1ccsc1. The first-order chi connectivity index (χ1) is 10.2. The van der Waals surface area contributed by atoms with Gasteiger partial charge in [0.15, 0.2) is 0 Å². The molecule has 0 saturated heterocycles. The number of nitrogens with one attached hydrogen (secondary N) is 2. The number of benzene rings is 1. The second kappa shape index (κ2) is 7.44. The van der Waals surface area contributed by atoms with Crippen LogP contribution in [0, 0.1) is 0 Å². The highest BCUT2D eigenvalue weighted by Crippen LogP contribution is 2.16. The molecule has 0 unspecified atom stereocenters. The number of carbonyl (C=O) groups excluding carboxylic acids is 2. The molecule has 1 heterocycles. The standard InChI is InChI=1S/C15H16N2O3S/c1-20-13-5-3-2-4-12(13)9-17-15(19)14(18)16-8-11-6-7-21-10-11/h2-7,10H,8-9H2,1H3,(H,16,18)(H,17,19). The van der Waals surface area contributed by atoms with Gasteiger partial charge in [0.05, 0.1) is 7.11 Å². The fourth-order valence-corrected chi connectivity index (χ4v) is 2.43. The summed E-state index contributed by atoms with van der Waals surface area (Å²) >= 11 is 1.55. The predicted octanol–water partition coefficient (Wildman–Crippen LogP) is 1.69. The maximum atomic E-state index is 11.7. The molecule has 0 bridgehead atoms. The summed E-state index contributed by atoms with van der Waals surface area (Å²) in [6.07, 6.45) is 0. The number of amides is 2. The van der Waals surface area contributed by atoms with Crippen LogP contribution in [0.4, 0.5) is 0 Å². The van der Waals surface area contributed by atoms with Crippen molar-refractivity contribution in [2.24, 2.45) is 0 Å². The van der Waals surface area contributed by atoms with Crippen LogP contribution in [-0.2, 0) is 22.7 Å². The van der Waals surface area contributed by atoms with Crippen LogP contribution in [0.2, 0.25) is 0 Å². The molecule has 6 heteroatoms. The Kier molecular flexibility index (Phi) is 5.34. The van der Waals surface area contributed by atoms with Crippen LogP contribution in [-0.4, -0.2) is 18.9 Å². The molecule has 110 valence electrons. The lowest BCUT2D eigenvalue weighted by Gasteiger charge is -2.09. The van der Waals surface area contributed by atoms with Crippen LogP contribution in [0.15, 0.2) is 41.1 Å². The summed E-state index contributed by atoms with van der Waals surface area (Å²) in [7, 11) is 1.56. The third-order valence-electron chi connectivity index (χ3n) is 2.87. The van der Waals surface area contributed by atoms with E-state index >= 15 is 0 Å². The lowest BCUT2D eigenvalue weighted by molar-refractivity contribution is -0.139. The first-order valence-corrected chi connectivity index (χ1v) is 7.34. The molecule has 2 N–H and O–H groups in total. The van der Waals surface area contributed by atoms with Crippen LogP contribution in [0.1, 0.15) is 11.1 Å². The molecule has 2 aromatic rings. The summed E-state index contributed by atoms with van der Waals surface area (Å²) in [4.78, 5) is 23.4. The minimum absolute atomic E-state index is 0.245. The van der Waals surface area contributed by atoms with Gasteiger partial charge in [-0.05, 0) is 28.5 Å². The number of carbonyl (C=O) groups is 2. The summed E-state index contributed by atoms with van der Waals surface area (Å²) in [6.45, 7) is 0.596. The van der Waals surface area contributed by atoms with Crippen molar-refractivity contribution in [1.82, 2.24) is 10.6 Å². The van der Waals surface area contributed by atoms with Gasteiger partial charge in [0.2, 0.25) is 0 Å². The molecule has 2 rings (SSSR count). The minimum Gasteiger partial charge on any atom is -0.496 e. The normalized spacial score (nSPS) is 9.95. The van der Waals surface area contributed by atoms with Crippen molar-refractivity contribution in [2.75, 3.05) is 7.11 Å². The van der Waals surface area contributed by atoms with Crippen molar-refractivity contribution >= 4 is 23.2 Å². The lowest BCUT2D eigenvalue weighted by atomic mass is 10.2. The van der Waals surface area contributed by atoms with Gasteiger partial charge < -0.3 is 15.4 Å². The Balaban J connectivity index is 1.82. The van der Waals surface area contributed by atoms with Crippen LogP contribution < -0.4 is 15.4 Å². The lowest BCUT2D eigenvalue weighted by Crippen LogP contribution is -2.39. The molecule has 0 radical (unpaired) electrons. The second-order valence-electron chi connectivity index (χ2n) is 4.31. The first-order valence-electron chi connectivity index (χ1n) is 6.39. The molecule has 1 aromatic heterocycles. The number of methoxy groups -OCH3 is 1. The molecular weight excluding hydrogens is 288 g/mol. The molecule has 2 amide bonds. The molecule has 0 saturated carbocycles. The largest absolute Gasteiger partial charge is 0.496 e. The quantitative estimate of drug-likeness (QED) is 0.826. The maximum absolute atomic E-state index is 11.7. The molecule has 0 aliphatic carbocycles. The van der Waals surface area contributed by atoms with E-state index in [4.69, 9.17) is 4.74 Å². The predicted molar refractivity (Wildman–Crippen MR) is 81.0 cm³/mol. The van der Waals surface area contributed by atoms with E-state index in [-0.39, 0.29) is 6.54 Å². The van der Waals surface area contributed by atoms with Crippen molar-refractivity contribution in [1.29, 1.82) is 0 Å². The Hall–Kier alpha value is -2.34. The highest BCUT2D eigenvalue weighted by molar-refractivity contribution is 7.07. The third kappa shape index (κ3) is 4.32. The number of ether oxygens (including phenoxy) is 1. The van der Waals surface area contributed by atoms with Gasteiger partial charge in [-0.3, -0.25) is 9.59 Å². The number of hydrogen-bond donors (Lipinski definition) is 2. The van der Waals surface area contributed by atoms with Crippen molar-refractivity contribution < 1.29 is 14.3 Å². The van der Waals surface area contributed by atoms with Gasteiger partial charge in [-0.2, -0.15) is 11.3 Å². The number of para-hydroxylation sites is 1. The van der Waals surface area contributed by atoms with E-state index in [1.165, 1.54) is 0 Å². The molecule has 0 spiro atoms. The Labute approximate surface area is 126 Å². The fraction of sp³-hybridized carbons (Fsp3) is 0.200. The summed E-state index contributed by atoms with van der Waals surface area (Å²) in [5, 5.41) is 8.99. The zero-order valence-electron chi connectivity index (χ0n) is 11.6. The fourth-order valence-electron chi connectivity index (χ4n) is 1.76. The van der Waals surface area contributed by atoms with Gasteiger partial charge >= 0.3 is 11.8 Å². The van der Waals surface area contributed by atoms with Gasteiger partial charge in [-0.1, -0.05) is 18.2 Å². The van der Waals surface area contributed by atoms with E-state index in [1.807, 2.05) is 35.0 Å². The summed E-state index contributed by atoms with van der Waals surface area (Å²) < 4.78 is 5.18. The van der Waals surface area contributed by atoms with Crippen molar-refractivity contribution in [3.8, 4) is 5.75 Å². The molecule has 0 aliphatic rings. The Morgan fingerprint density at radius 2 is 1.81 bits per heavy atom. The highest BCUT2D eigenvalue weighted by atomic mass is 32.1. The van der Waals surface area contributed by atoms with Crippen molar-refractivity contribution in [2.45, 2.75) is 13.1 Å². The molecule has 0 fully saturated rings. The van der Waals surface area contributed by atoms with Crippen LogP contribution in [0.25, 0.3) is 0 Å². The van der Waals surface area contributed by atoms with E-state index in [2.05, 4.69) is 10.6 Å². The number of thiophene rings is 1. The molecule has 0 atom stereocenters. The third-order valence-corrected chi connectivity index (χ3v) is 3.60. The van der Waals surface area contributed by atoms with E-state index < -0.39 is 11.8 Å². The maximum Gasteiger partial charge on any atom is 0.309 e. The van der Waals surface area contributed by atoms with Crippen molar-refractivity contribution in [3.05, 3.63) is 52.2 Å². The van der Waals surface area contributed by atoms with E-state index in [0.717, 1.165) is 11.1 Å². The summed E-state index contributed by atoms with van der Waals surface area (Å²) in [5.74, 6) is -0.622. The van der Waals surface area contributed by atoms with E-state index in [0.29, 0.717) is 12.3 Å². The topological polar surface area (TPSA) is 67.4 Å². The summed E-state index contributed by atoms with van der Waals surface area (Å²) in [6, 6.07) is 9.23. The number of hydrogen-bond acceptors (Lipinski definition) is 4. The Morgan fingerprint density at radius 3 is 2.48 bits per heavy atom. The van der Waals surface area contributed by atoms with Gasteiger partial charge in [0.1, 0.15) is 5.75 Å². The Bertz CT molecular complexity index is 611. The molecular formula is C15H16N2O3S. The van der Waals surface area contributed by atoms with Crippen LogP contribution in [0.3, 0.4) is 0 Å². The molecule has 5 nitrogen and oxygen atoms in total. The zero-order valence-corrected chi connectivity index (χ0v) is 12.4. The zero-order chi connectivity index (χ0) is 15.1. The van der Waals surface area contributed by atoms with Crippen LogP contribution in [0.5, 0.6) is 5.75 Å². The highest BCUT2D eigenvalue weighted by Gasteiger charge is 2.13. The van der Waals surface area contributed by atoms with Gasteiger partial charge in [0, 0.05) is 18.7 Å². The number of rotatable bonds is 5. The van der Waals surface area contributed by atoms with Gasteiger partial charge in [-0.15, -0.1) is 0 Å². The Morgan fingerprint density at radius 1 is 1.10 bits per heavy atom. The van der Waals surface area contributed by atoms with E-state index in [9.17, 15) is 9.59 Å². The van der Waals surface area contributed by atoms with Gasteiger partial charge in [0.25, 0.3) is 0 Å². The smallest absolute Gasteiger partial charge is 0.309 e. The first kappa shape index (κ1) is 15.1. The van der Waals surface area contributed by atoms with E-state index in [1.54, 1.807) is 24.5 Å². The molecule has 1 aromatic carbocycles. The van der Waals surface area contributed by atoms with Crippen LogP contribution >= 0.6 is 11.3 Å². The molecule has 21 heavy (non-hydrogen) atoms. The van der Waals surface area contributed by atoms with Gasteiger partial charge in [-0.25, -0.2) is 0 Å². The van der Waals surface area contributed by atoms with Crippen molar-refractivity contribution in [3.63, 3.8) is 0 Å². The second-order valence-corrected chi connectivity index (χ2v) is 5.09. The minimum atomic E-state index is -0.656. The average Bonchev–Trinajstić information content (AvgIpc) is 3.03. The summed E-state index contributed by atoms with van der Waals surface area (Å²) in [5.41, 5.74) is 1.80. The average molecular weight is 304 g/mol. The molecule has 0 aliphatic heterocycles. The monoisotopic (exact) mass is 304 g/mol.